The normalized spacial score (nSPS) is 10.4. The van der Waals surface area contributed by atoms with Gasteiger partial charge in [-0.2, -0.15) is 0 Å². The third-order valence-electron chi connectivity index (χ3n) is 2.04. The van der Waals surface area contributed by atoms with E-state index in [0.29, 0.717) is 17.5 Å². The van der Waals surface area contributed by atoms with Crippen molar-refractivity contribution in [1.82, 2.24) is 9.55 Å². The molecule has 1 heterocycles. The zero-order valence-electron chi connectivity index (χ0n) is 7.82. The Balaban J connectivity index is 2.56. The third kappa shape index (κ3) is 2.12. The van der Waals surface area contributed by atoms with Crippen LogP contribution in [0.5, 0.6) is 0 Å². The molecule has 0 spiro atoms. The first-order valence-electron chi connectivity index (χ1n) is 4.27. The number of hydrogen-bond acceptors (Lipinski definition) is 2. The molecule has 0 bridgehead atoms. The van der Waals surface area contributed by atoms with Gasteiger partial charge in [0.2, 0.25) is 0 Å². The summed E-state index contributed by atoms with van der Waals surface area (Å²) in [6.07, 6.45) is 2.18. The second-order valence-corrected chi connectivity index (χ2v) is 5.07. The minimum atomic E-state index is -0.434. The van der Waals surface area contributed by atoms with Crippen LogP contribution in [0.15, 0.2) is 24.5 Å². The second-order valence-electron chi connectivity index (χ2n) is 3.02. The number of nitrogens with zero attached hydrogens (tertiary/aromatic N) is 2. The van der Waals surface area contributed by atoms with E-state index in [-0.39, 0.29) is 0 Å². The Morgan fingerprint density at radius 2 is 2.12 bits per heavy atom. The Morgan fingerprint density at radius 3 is 2.62 bits per heavy atom. The molecule has 0 fully saturated rings. The number of halogens is 3. The van der Waals surface area contributed by atoms with E-state index < -0.39 is 5.82 Å². The van der Waals surface area contributed by atoms with E-state index >= 15 is 0 Å². The van der Waals surface area contributed by atoms with E-state index in [1.54, 1.807) is 23.0 Å². The quantitative estimate of drug-likeness (QED) is 0.530. The molecular formula is C10H5FI2N2O. The summed E-state index contributed by atoms with van der Waals surface area (Å²) in [5, 5.41) is 0. The molecule has 0 aliphatic carbocycles. The lowest BCUT2D eigenvalue weighted by Crippen LogP contribution is -1.99. The van der Waals surface area contributed by atoms with Gasteiger partial charge in [0.25, 0.3) is 0 Å². The predicted octanol–water partition coefficient (Wildman–Crippen LogP) is 3.03. The summed E-state index contributed by atoms with van der Waals surface area (Å²) < 4.78 is 17.0. The molecule has 0 N–H and O–H groups in total. The Kier molecular flexibility index (Phi) is 3.57. The number of carbonyl (C=O) groups is 1. The Hall–Kier alpha value is -0.510. The highest BCUT2D eigenvalue weighted by Gasteiger charge is 2.11. The first-order chi connectivity index (χ1) is 7.63. The summed E-state index contributed by atoms with van der Waals surface area (Å²) in [6.45, 7) is 0. The van der Waals surface area contributed by atoms with Crippen molar-refractivity contribution >= 4 is 51.5 Å². The number of rotatable bonds is 2. The highest BCUT2D eigenvalue weighted by molar-refractivity contribution is 14.1. The molecule has 0 amide bonds. The van der Waals surface area contributed by atoms with Crippen LogP contribution in [-0.4, -0.2) is 15.8 Å². The van der Waals surface area contributed by atoms with Crippen molar-refractivity contribution in [2.75, 3.05) is 0 Å². The van der Waals surface area contributed by atoms with Gasteiger partial charge in [-0.25, -0.2) is 9.37 Å². The molecule has 0 atom stereocenters. The first kappa shape index (κ1) is 12.0. The molecule has 0 aliphatic heterocycles. The van der Waals surface area contributed by atoms with E-state index in [9.17, 15) is 9.18 Å². The summed E-state index contributed by atoms with van der Waals surface area (Å²) in [5.74, 6) is -0.434. The van der Waals surface area contributed by atoms with E-state index in [4.69, 9.17) is 0 Å². The predicted molar refractivity (Wildman–Crippen MR) is 74.3 cm³/mol. The molecule has 2 rings (SSSR count). The number of hydrogen-bond donors (Lipinski definition) is 0. The molecule has 1 aromatic carbocycles. The van der Waals surface area contributed by atoms with Gasteiger partial charge >= 0.3 is 0 Å². The largest absolute Gasteiger partial charge is 0.298 e. The lowest BCUT2D eigenvalue weighted by atomic mass is 10.2. The molecule has 0 saturated heterocycles. The van der Waals surface area contributed by atoms with Gasteiger partial charge in [0, 0.05) is 5.56 Å². The first-order valence-corrected chi connectivity index (χ1v) is 6.42. The fourth-order valence-corrected chi connectivity index (χ4v) is 2.18. The van der Waals surface area contributed by atoms with Crippen LogP contribution in [0.25, 0.3) is 5.69 Å². The molecule has 1 aromatic heterocycles. The van der Waals surface area contributed by atoms with Crippen molar-refractivity contribution in [3.05, 3.63) is 43.3 Å². The second kappa shape index (κ2) is 4.78. The highest BCUT2D eigenvalue weighted by Crippen LogP contribution is 2.21. The zero-order valence-corrected chi connectivity index (χ0v) is 12.1. The standard InChI is InChI=1S/C10H5FI2N2O/c11-7-3-6(4-16)1-2-8(7)15-5-14-9(12)10(15)13/h1-5H. The summed E-state index contributed by atoms with van der Waals surface area (Å²) in [7, 11) is 0. The number of carbonyl (C=O) groups excluding carboxylic acids is 1. The van der Waals surface area contributed by atoms with Crippen LogP contribution in [0, 0.1) is 13.2 Å². The van der Waals surface area contributed by atoms with Crippen LogP contribution in [0.4, 0.5) is 4.39 Å². The molecule has 3 nitrogen and oxygen atoms in total. The average molecular weight is 442 g/mol. The lowest BCUT2D eigenvalue weighted by molar-refractivity contribution is 0.112. The maximum Gasteiger partial charge on any atom is 0.150 e. The molecule has 0 saturated carbocycles. The molecule has 0 radical (unpaired) electrons. The van der Waals surface area contributed by atoms with Crippen molar-refractivity contribution < 1.29 is 9.18 Å². The van der Waals surface area contributed by atoms with Crippen LogP contribution in [-0.2, 0) is 0 Å². The van der Waals surface area contributed by atoms with Crippen molar-refractivity contribution in [3.63, 3.8) is 0 Å². The Bertz CT molecular complexity index is 554. The maximum atomic E-state index is 13.7. The molecule has 0 aliphatic rings. The molecule has 16 heavy (non-hydrogen) atoms. The van der Waals surface area contributed by atoms with Gasteiger partial charge in [-0.1, -0.05) is 0 Å². The molecule has 2 aromatic rings. The Labute approximate surface area is 118 Å². The third-order valence-corrected chi connectivity index (χ3v) is 4.89. The highest BCUT2D eigenvalue weighted by atomic mass is 127. The summed E-state index contributed by atoms with van der Waals surface area (Å²) in [5.41, 5.74) is 0.719. The van der Waals surface area contributed by atoms with E-state index in [1.165, 1.54) is 6.07 Å². The van der Waals surface area contributed by atoms with E-state index in [1.807, 2.05) is 0 Å². The number of benzene rings is 1. The van der Waals surface area contributed by atoms with Crippen LogP contribution in [0.1, 0.15) is 10.4 Å². The van der Waals surface area contributed by atoms with Gasteiger partial charge in [0.05, 0.1) is 5.69 Å². The molecule has 82 valence electrons. The number of aldehydes is 1. The van der Waals surface area contributed by atoms with Gasteiger partial charge in [-0.3, -0.25) is 9.36 Å². The Morgan fingerprint density at radius 1 is 1.38 bits per heavy atom. The number of aromatic nitrogens is 2. The maximum absolute atomic E-state index is 13.7. The smallest absolute Gasteiger partial charge is 0.150 e. The SMILES string of the molecule is O=Cc1ccc(-n2cnc(I)c2I)c(F)c1. The average Bonchev–Trinajstić information content (AvgIpc) is 2.60. The van der Waals surface area contributed by atoms with Gasteiger partial charge in [-0.05, 0) is 63.4 Å². The van der Waals surface area contributed by atoms with Crippen LogP contribution < -0.4 is 0 Å². The van der Waals surface area contributed by atoms with Gasteiger partial charge in [0.15, 0.2) is 0 Å². The minimum absolute atomic E-state index is 0.325. The topological polar surface area (TPSA) is 34.9 Å². The van der Waals surface area contributed by atoms with E-state index in [0.717, 1.165) is 7.40 Å². The van der Waals surface area contributed by atoms with Crippen LogP contribution >= 0.6 is 45.2 Å². The van der Waals surface area contributed by atoms with Gasteiger partial charge in [0.1, 0.15) is 25.8 Å². The van der Waals surface area contributed by atoms with Crippen molar-refractivity contribution in [1.29, 1.82) is 0 Å². The zero-order chi connectivity index (χ0) is 11.7. The van der Waals surface area contributed by atoms with Crippen LogP contribution in [0.2, 0.25) is 0 Å². The van der Waals surface area contributed by atoms with Crippen molar-refractivity contribution in [2.45, 2.75) is 0 Å². The molecular weight excluding hydrogens is 437 g/mol. The van der Waals surface area contributed by atoms with Gasteiger partial charge < -0.3 is 0 Å². The van der Waals surface area contributed by atoms with Crippen LogP contribution in [0.3, 0.4) is 0 Å². The lowest BCUT2D eigenvalue weighted by Gasteiger charge is -2.05. The fraction of sp³-hybridized carbons (Fsp3) is 0. The summed E-state index contributed by atoms with van der Waals surface area (Å²) in [4.78, 5) is 14.6. The van der Waals surface area contributed by atoms with Gasteiger partial charge in [-0.15, -0.1) is 0 Å². The van der Waals surface area contributed by atoms with E-state index in [2.05, 4.69) is 50.2 Å². The molecule has 6 heteroatoms. The summed E-state index contributed by atoms with van der Waals surface area (Å²) >= 11 is 4.17. The monoisotopic (exact) mass is 442 g/mol. The molecule has 0 unspecified atom stereocenters. The van der Waals surface area contributed by atoms with Crippen molar-refractivity contribution in [2.24, 2.45) is 0 Å². The number of imidazole rings is 1. The fourth-order valence-electron chi connectivity index (χ4n) is 1.27. The minimum Gasteiger partial charge on any atom is -0.298 e. The van der Waals surface area contributed by atoms with Crippen molar-refractivity contribution in [3.8, 4) is 5.69 Å². The summed E-state index contributed by atoms with van der Waals surface area (Å²) in [6, 6.07) is 4.36.